The first-order chi connectivity index (χ1) is 9.62. The Kier molecular flexibility index (Phi) is 6.54. The van der Waals surface area contributed by atoms with Gasteiger partial charge >= 0.3 is 0 Å². The number of carbonyl (C=O) groups excluding carboxylic acids is 1. The number of carbonyl (C=O) groups is 1. The molecule has 0 spiro atoms. The molecule has 1 rings (SSSR count). The van der Waals surface area contributed by atoms with Gasteiger partial charge in [0.1, 0.15) is 6.07 Å². The van der Waals surface area contributed by atoms with E-state index < -0.39 is 0 Å². The molecule has 0 aliphatic rings. The van der Waals surface area contributed by atoms with Crippen LogP contribution in [0.3, 0.4) is 0 Å². The van der Waals surface area contributed by atoms with Crippen molar-refractivity contribution < 1.29 is 4.79 Å². The van der Waals surface area contributed by atoms with Gasteiger partial charge in [-0.3, -0.25) is 4.79 Å². The molecular formula is C15H22N4O. The molecule has 5 nitrogen and oxygen atoms in total. The molecule has 2 N–H and O–H groups in total. The standard InChI is InChI=1S/C15H22N4O/c1-4-7-18-10-12-5-6-14(13(8-12)9-16)19(3)11-15(20)17-2/h5-6,8,18H,4,7,10-11H2,1-3H3,(H,17,20). The van der Waals surface area contributed by atoms with Crippen LogP contribution in [0.15, 0.2) is 18.2 Å². The molecule has 1 amide bonds. The number of nitrogens with zero attached hydrogens (tertiary/aromatic N) is 2. The molecule has 0 saturated carbocycles. The molecule has 0 aromatic heterocycles. The van der Waals surface area contributed by atoms with E-state index in [2.05, 4.69) is 23.6 Å². The Bertz CT molecular complexity index is 493. The third-order valence-electron chi connectivity index (χ3n) is 3.01. The summed E-state index contributed by atoms with van der Waals surface area (Å²) in [6, 6.07) is 7.95. The largest absolute Gasteiger partial charge is 0.364 e. The van der Waals surface area contributed by atoms with E-state index >= 15 is 0 Å². The molecule has 0 heterocycles. The lowest BCUT2D eigenvalue weighted by Gasteiger charge is -2.20. The summed E-state index contributed by atoms with van der Waals surface area (Å²) in [6.45, 7) is 4.06. The van der Waals surface area contributed by atoms with Crippen LogP contribution in [0.4, 0.5) is 5.69 Å². The zero-order valence-corrected chi connectivity index (χ0v) is 12.4. The number of hydrogen-bond donors (Lipinski definition) is 2. The normalized spacial score (nSPS) is 9.90. The fourth-order valence-corrected chi connectivity index (χ4v) is 1.90. The number of nitrogens with one attached hydrogen (secondary N) is 2. The van der Waals surface area contributed by atoms with Crippen molar-refractivity contribution >= 4 is 11.6 Å². The van der Waals surface area contributed by atoms with E-state index in [1.807, 2.05) is 18.2 Å². The van der Waals surface area contributed by atoms with Crippen molar-refractivity contribution in [2.45, 2.75) is 19.9 Å². The first kappa shape index (κ1) is 16.0. The molecule has 108 valence electrons. The van der Waals surface area contributed by atoms with Crippen LogP contribution < -0.4 is 15.5 Å². The SMILES string of the molecule is CCCNCc1ccc(N(C)CC(=O)NC)c(C#N)c1. The quantitative estimate of drug-likeness (QED) is 0.734. The van der Waals surface area contributed by atoms with Gasteiger partial charge in [-0.1, -0.05) is 13.0 Å². The van der Waals surface area contributed by atoms with Crippen LogP contribution in [0, 0.1) is 11.3 Å². The predicted molar refractivity (Wildman–Crippen MR) is 80.5 cm³/mol. The summed E-state index contributed by atoms with van der Waals surface area (Å²) in [4.78, 5) is 13.2. The second kappa shape index (κ2) is 8.18. The summed E-state index contributed by atoms with van der Waals surface area (Å²) in [5.74, 6) is -0.0786. The zero-order chi connectivity index (χ0) is 15.0. The molecule has 0 aliphatic heterocycles. The van der Waals surface area contributed by atoms with E-state index in [0.717, 1.165) is 30.8 Å². The molecule has 0 bridgehead atoms. The van der Waals surface area contributed by atoms with Crippen LogP contribution >= 0.6 is 0 Å². The fourth-order valence-electron chi connectivity index (χ4n) is 1.90. The van der Waals surface area contributed by atoms with Crippen molar-refractivity contribution in [3.63, 3.8) is 0 Å². The Morgan fingerprint density at radius 2 is 2.20 bits per heavy atom. The van der Waals surface area contributed by atoms with Crippen molar-refractivity contribution in [2.75, 3.05) is 32.1 Å². The average molecular weight is 274 g/mol. The Morgan fingerprint density at radius 1 is 1.45 bits per heavy atom. The van der Waals surface area contributed by atoms with Gasteiger partial charge in [0.2, 0.25) is 5.91 Å². The van der Waals surface area contributed by atoms with Crippen molar-refractivity contribution in [1.29, 1.82) is 5.26 Å². The number of likely N-dealkylation sites (N-methyl/N-ethyl adjacent to an activating group) is 2. The zero-order valence-electron chi connectivity index (χ0n) is 12.4. The van der Waals surface area contributed by atoms with Crippen LogP contribution in [-0.4, -0.2) is 33.1 Å². The highest BCUT2D eigenvalue weighted by atomic mass is 16.1. The topological polar surface area (TPSA) is 68.2 Å². The minimum absolute atomic E-state index is 0.0786. The lowest BCUT2D eigenvalue weighted by atomic mass is 10.1. The predicted octanol–water partition coefficient (Wildman–Crippen LogP) is 1.24. The van der Waals surface area contributed by atoms with Gasteiger partial charge in [0.05, 0.1) is 17.8 Å². The molecule has 0 fully saturated rings. The van der Waals surface area contributed by atoms with Gasteiger partial charge in [-0.05, 0) is 30.7 Å². The Labute approximate surface area is 120 Å². The smallest absolute Gasteiger partial charge is 0.239 e. The van der Waals surface area contributed by atoms with Crippen molar-refractivity contribution in [3.05, 3.63) is 29.3 Å². The van der Waals surface area contributed by atoms with Crippen molar-refractivity contribution in [2.24, 2.45) is 0 Å². The van der Waals surface area contributed by atoms with Gasteiger partial charge in [0.15, 0.2) is 0 Å². The molecular weight excluding hydrogens is 252 g/mol. The lowest BCUT2D eigenvalue weighted by Crippen LogP contribution is -2.33. The van der Waals surface area contributed by atoms with Crippen LogP contribution in [0.5, 0.6) is 0 Å². The highest BCUT2D eigenvalue weighted by Gasteiger charge is 2.11. The lowest BCUT2D eigenvalue weighted by molar-refractivity contribution is -0.119. The third kappa shape index (κ3) is 4.56. The summed E-state index contributed by atoms with van der Waals surface area (Å²) in [5.41, 5.74) is 2.44. The third-order valence-corrected chi connectivity index (χ3v) is 3.01. The Morgan fingerprint density at radius 3 is 2.80 bits per heavy atom. The average Bonchev–Trinajstić information content (AvgIpc) is 2.47. The monoisotopic (exact) mass is 274 g/mol. The van der Waals surface area contributed by atoms with Crippen LogP contribution in [-0.2, 0) is 11.3 Å². The number of nitriles is 1. The molecule has 5 heteroatoms. The number of anilines is 1. The van der Waals surface area contributed by atoms with E-state index in [0.29, 0.717) is 5.56 Å². The molecule has 1 aromatic carbocycles. The number of benzene rings is 1. The molecule has 0 unspecified atom stereocenters. The fraction of sp³-hybridized carbons (Fsp3) is 0.467. The summed E-state index contributed by atoms with van der Waals surface area (Å²) in [7, 11) is 3.41. The second-order valence-electron chi connectivity index (χ2n) is 4.67. The van der Waals surface area contributed by atoms with Crippen LogP contribution in [0.2, 0.25) is 0 Å². The minimum atomic E-state index is -0.0786. The molecule has 20 heavy (non-hydrogen) atoms. The van der Waals surface area contributed by atoms with Crippen LogP contribution in [0.25, 0.3) is 0 Å². The highest BCUT2D eigenvalue weighted by molar-refractivity contribution is 5.81. The van der Waals surface area contributed by atoms with E-state index in [1.165, 1.54) is 0 Å². The molecule has 0 saturated heterocycles. The Balaban J connectivity index is 2.82. The number of hydrogen-bond acceptors (Lipinski definition) is 4. The van der Waals surface area contributed by atoms with E-state index in [1.54, 1.807) is 19.0 Å². The molecule has 0 radical (unpaired) electrons. The maximum Gasteiger partial charge on any atom is 0.239 e. The van der Waals surface area contributed by atoms with Gasteiger partial charge in [0.25, 0.3) is 0 Å². The van der Waals surface area contributed by atoms with Crippen molar-refractivity contribution in [3.8, 4) is 6.07 Å². The molecule has 0 aliphatic carbocycles. The first-order valence-corrected chi connectivity index (χ1v) is 6.77. The van der Waals surface area contributed by atoms with Gasteiger partial charge in [-0.15, -0.1) is 0 Å². The first-order valence-electron chi connectivity index (χ1n) is 6.77. The van der Waals surface area contributed by atoms with E-state index in [-0.39, 0.29) is 12.5 Å². The maximum absolute atomic E-state index is 11.4. The van der Waals surface area contributed by atoms with E-state index in [9.17, 15) is 10.1 Å². The second-order valence-corrected chi connectivity index (χ2v) is 4.67. The summed E-state index contributed by atoms with van der Waals surface area (Å²) in [6.07, 6.45) is 1.08. The van der Waals surface area contributed by atoms with E-state index in [4.69, 9.17) is 0 Å². The number of rotatable bonds is 7. The van der Waals surface area contributed by atoms with Gasteiger partial charge in [-0.2, -0.15) is 5.26 Å². The highest BCUT2D eigenvalue weighted by Crippen LogP contribution is 2.20. The summed E-state index contributed by atoms with van der Waals surface area (Å²) >= 11 is 0. The Hall–Kier alpha value is -2.06. The van der Waals surface area contributed by atoms with Gasteiger partial charge in [0, 0.05) is 20.6 Å². The number of amides is 1. The molecule has 1 aromatic rings. The minimum Gasteiger partial charge on any atom is -0.364 e. The summed E-state index contributed by atoms with van der Waals surface area (Å²) < 4.78 is 0. The maximum atomic E-state index is 11.4. The summed E-state index contributed by atoms with van der Waals surface area (Å²) in [5, 5.41) is 15.1. The van der Waals surface area contributed by atoms with Gasteiger partial charge < -0.3 is 15.5 Å². The van der Waals surface area contributed by atoms with Gasteiger partial charge in [-0.25, -0.2) is 0 Å². The molecule has 0 atom stereocenters. The van der Waals surface area contributed by atoms with Crippen molar-refractivity contribution in [1.82, 2.24) is 10.6 Å². The van der Waals surface area contributed by atoms with Crippen LogP contribution in [0.1, 0.15) is 24.5 Å².